The second kappa shape index (κ2) is 30.5. The van der Waals surface area contributed by atoms with Crippen LogP contribution in [0.2, 0.25) is 0 Å². The number of amides is 4. The number of halogens is 3. The summed E-state index contributed by atoms with van der Waals surface area (Å²) < 4.78 is 70.0. The Balaban J connectivity index is 0.00000142. The smallest absolute Gasteiger partial charge is 0.490 e. The van der Waals surface area contributed by atoms with Gasteiger partial charge in [0.2, 0.25) is 5.91 Å². The molecule has 1 saturated heterocycles. The number of aliphatic hydroxyl groups excluding tert-OH is 2. The number of alkyl halides is 3. The lowest BCUT2D eigenvalue weighted by Crippen LogP contribution is -2.62. The number of fused-ring (bicyclic) bond motifs is 15. The number of esters is 2. The number of aromatic nitrogens is 7. The number of cyclic esters (lactones) is 2. The van der Waals surface area contributed by atoms with Crippen LogP contribution in [0.3, 0.4) is 0 Å². The van der Waals surface area contributed by atoms with E-state index in [9.17, 15) is 53.2 Å². The number of aliphatic hydroxyl groups is 3. The van der Waals surface area contributed by atoms with Crippen LogP contribution in [0.5, 0.6) is 5.75 Å². The number of aliphatic carboxylic acids is 1. The van der Waals surface area contributed by atoms with Gasteiger partial charge in [-0.15, -0.1) is 56.7 Å². The zero-order valence-electron chi connectivity index (χ0n) is 54.6. The number of carbonyl (C=O) groups is 7. The number of ether oxygens (including phenoxy) is 6. The van der Waals surface area contributed by atoms with Crippen LogP contribution in [0, 0.1) is 0 Å². The molecule has 0 aliphatic carbocycles. The first-order valence-corrected chi connectivity index (χ1v) is 35.1. The number of allylic oxidation sites excluding steroid dienone is 1. The molecule has 0 unspecified atom stereocenters. The molecule has 1 fully saturated rings. The van der Waals surface area contributed by atoms with E-state index >= 15 is 14.4 Å². The molecule has 542 valence electrons. The van der Waals surface area contributed by atoms with Crippen molar-refractivity contribution in [1.82, 2.24) is 66.1 Å². The second-order valence-corrected chi connectivity index (χ2v) is 28.2. The largest absolute Gasteiger partial charge is 0.506 e. The van der Waals surface area contributed by atoms with Crippen LogP contribution < -0.4 is 26.6 Å². The summed E-state index contributed by atoms with van der Waals surface area (Å²) in [5.74, 6) is -8.76. The Kier molecular flexibility index (Phi) is 22.2. The van der Waals surface area contributed by atoms with Crippen molar-refractivity contribution in [3.63, 3.8) is 0 Å². The van der Waals surface area contributed by atoms with Crippen molar-refractivity contribution in [2.45, 2.75) is 121 Å². The standard InChI is InChI=1S/C60H63N13O17S5.C2HF3O2/c1-24(75)40-52(80)70-41(25(2)85-7)55-66-35(23-94-55)51(79)71-44-46-47(90-38-14-60(4,83)48(72(5)6)26(3)89-38)59(82)87-16-27-9-8-10-36-39(27)30(17-86-46)45(73(36)84)58(81)88-18-31(63-49(77)33-22-95-57(44)67-33)54-64-32(20-93-54)42-29(53-65-34(21-92-53)50(78)69-40)13-37(76)43(68-42)56-62-28(19-91-56)15-61-11-12-74;3-2(4,5)1(6)7/h8-10,13,19-24,26,31,38,40,44,46-48,61,74-76,83-84H,11-12,14-18H2,1-7H3,(H,63,77)(H,69,78)(H,70,80)(H,71,79);(H,6,7)/b41-25+;/t24-,26+,31+,38+,40+,44+,46+,47+,48-,60+;/m1./s1. The number of carboxylic acids is 1. The van der Waals surface area contributed by atoms with Crippen LogP contribution in [-0.2, 0) is 62.6 Å². The number of benzene rings is 1. The van der Waals surface area contributed by atoms with Gasteiger partial charge in [-0.1, -0.05) is 12.1 Å². The van der Waals surface area contributed by atoms with Crippen LogP contribution in [0.15, 0.2) is 56.9 Å². The molecule has 0 radical (unpaired) electrons. The van der Waals surface area contributed by atoms with Crippen molar-refractivity contribution < 1.29 is 106 Å². The highest BCUT2D eigenvalue weighted by Gasteiger charge is 2.50. The number of nitrogens with zero attached hydrogens (tertiary/aromatic N) is 8. The molecule has 4 aliphatic rings. The first kappa shape index (κ1) is 74.2. The number of thiazole rings is 5. The highest BCUT2D eigenvalue weighted by Crippen LogP contribution is 2.43. The molecule has 0 saturated carbocycles. The Morgan fingerprint density at radius 2 is 1.51 bits per heavy atom. The maximum absolute atomic E-state index is 15.2. The van der Waals surface area contributed by atoms with Gasteiger partial charge in [0, 0.05) is 62.9 Å². The number of nitrogens with one attached hydrogen (secondary N) is 5. The van der Waals surface area contributed by atoms with Crippen molar-refractivity contribution >= 4 is 115 Å². The van der Waals surface area contributed by atoms with Gasteiger partial charge in [-0.05, 0) is 59.5 Å². The molecule has 40 heteroatoms. The number of aromatic hydroxyl groups is 1. The third kappa shape index (κ3) is 15.6. The molecule has 4 amide bonds. The summed E-state index contributed by atoms with van der Waals surface area (Å²) in [6.45, 7) is 4.90. The average molecular weight is 1510 g/mol. The van der Waals surface area contributed by atoms with E-state index in [1.165, 1.54) is 60.6 Å². The number of hydrogen-bond donors (Lipinski definition) is 11. The lowest BCUT2D eigenvalue weighted by molar-refractivity contribution is -0.280. The molecule has 1 aromatic carbocycles. The monoisotopic (exact) mass is 1510 g/mol. The average Bonchev–Trinajstić information content (AvgIpc) is 1.61. The van der Waals surface area contributed by atoms with Gasteiger partial charge in [0.1, 0.15) is 114 Å². The quantitative estimate of drug-likeness (QED) is 0.0376. The van der Waals surface area contributed by atoms with Crippen molar-refractivity contribution in [3.05, 3.63) is 112 Å². The van der Waals surface area contributed by atoms with Gasteiger partial charge < -0.3 is 90.6 Å². The van der Waals surface area contributed by atoms with E-state index in [1.54, 1.807) is 55.7 Å². The second-order valence-electron chi connectivity index (χ2n) is 23.8. The SMILES string of the molecule is CO/C(C)=C1/NC(=O)[C@H]([C@@H](C)O)NC(=O)c2csc(n2)-c2cc(O)c(-c3nc(CNCCO)cs3)nc2-c2csc(n2)[C@@H]2COC(=O)c3c4c5c(cccc5n3O)COC(=O)[C@@H](O[C@H]3C[C@](C)(O)[C@H](N(C)C)[C@H](C)O3)[C@@H](OC4)[C@H](NC(=O)c3csc1n3)c1nc(cs1)C(=O)N2.O=C(O)C(F)(F)F. The lowest BCUT2D eigenvalue weighted by atomic mass is 9.85. The van der Waals surface area contributed by atoms with E-state index in [1.807, 2.05) is 0 Å². The Hall–Kier alpha value is -9.04. The number of carboxylic acid groups (broad SMARTS) is 1. The minimum atomic E-state index is -5.08. The van der Waals surface area contributed by atoms with Crippen molar-refractivity contribution in [1.29, 1.82) is 0 Å². The molecule has 7 aromatic heterocycles. The maximum atomic E-state index is 15.2. The van der Waals surface area contributed by atoms with E-state index in [0.29, 0.717) is 27.5 Å². The van der Waals surface area contributed by atoms with Crippen LogP contribution in [0.4, 0.5) is 13.2 Å². The third-order valence-corrected chi connectivity index (χ3v) is 20.9. The van der Waals surface area contributed by atoms with Gasteiger partial charge in [0.15, 0.2) is 18.1 Å². The highest BCUT2D eigenvalue weighted by atomic mass is 32.1. The summed E-state index contributed by atoms with van der Waals surface area (Å²) in [4.78, 5) is 128. The number of hydrogen-bond acceptors (Lipinski definition) is 31. The summed E-state index contributed by atoms with van der Waals surface area (Å²) in [5.41, 5.74) is -1.22. The third-order valence-electron chi connectivity index (χ3n) is 16.4. The molecular weight excluding hydrogens is 1450 g/mol. The van der Waals surface area contributed by atoms with Gasteiger partial charge >= 0.3 is 24.1 Å². The Labute approximate surface area is 595 Å². The molecule has 4 aliphatic heterocycles. The summed E-state index contributed by atoms with van der Waals surface area (Å²) >= 11 is 4.95. The van der Waals surface area contributed by atoms with E-state index in [2.05, 4.69) is 41.5 Å². The number of rotatable bonds is 10. The number of carbonyl (C=O) groups excluding carboxylic acids is 6. The van der Waals surface area contributed by atoms with Crippen LogP contribution >= 0.6 is 56.7 Å². The predicted molar refractivity (Wildman–Crippen MR) is 357 cm³/mol. The summed E-state index contributed by atoms with van der Waals surface area (Å²) in [7, 11) is 4.88. The van der Waals surface area contributed by atoms with Crippen LogP contribution in [0.25, 0.3) is 49.3 Å². The molecule has 8 aromatic rings. The molecule has 102 heavy (non-hydrogen) atoms. The molecule has 11 heterocycles. The van der Waals surface area contributed by atoms with Gasteiger partial charge in [0.25, 0.3) is 17.7 Å². The maximum Gasteiger partial charge on any atom is 0.490 e. The minimum absolute atomic E-state index is 0.00631. The molecule has 12 bridgehead atoms. The summed E-state index contributed by atoms with van der Waals surface area (Å²) in [6.07, 6.45) is -12.5. The predicted octanol–water partition coefficient (Wildman–Crippen LogP) is 4.88. The van der Waals surface area contributed by atoms with Crippen LogP contribution in [-0.4, -0.2) is 207 Å². The fourth-order valence-corrected chi connectivity index (χ4v) is 16.0. The normalized spacial score (nSPS) is 23.7. The minimum Gasteiger partial charge on any atom is -0.506 e. The molecule has 0 spiro atoms. The van der Waals surface area contributed by atoms with E-state index in [4.69, 9.17) is 53.3 Å². The Morgan fingerprint density at radius 1 is 0.863 bits per heavy atom. The summed E-state index contributed by atoms with van der Waals surface area (Å²) in [6, 6.07) is 0.974. The van der Waals surface area contributed by atoms with E-state index < -0.39 is 134 Å². The topological polar surface area (TPSA) is 442 Å². The molecule has 10 atom stereocenters. The Bertz CT molecular complexity index is 4570. The fourth-order valence-electron chi connectivity index (χ4n) is 11.8. The van der Waals surface area contributed by atoms with E-state index in [0.717, 1.165) is 45.3 Å². The highest BCUT2D eigenvalue weighted by molar-refractivity contribution is 7.14. The zero-order chi connectivity index (χ0) is 73.4. The molecule has 11 N–H and O–H groups in total. The molecular formula is C62H64F3N13O19S5. The zero-order valence-corrected chi connectivity index (χ0v) is 58.7. The molecule has 12 rings (SSSR count). The summed E-state index contributed by atoms with van der Waals surface area (Å²) in [5, 5.41) is 85.9. The van der Waals surface area contributed by atoms with E-state index in [-0.39, 0.29) is 113 Å². The number of methoxy groups -OCH3 is 1. The van der Waals surface area contributed by atoms with Gasteiger partial charge in [-0.3, -0.25) is 19.2 Å². The lowest BCUT2D eigenvalue weighted by Gasteiger charge is -2.48. The van der Waals surface area contributed by atoms with Crippen LogP contribution in [0.1, 0.15) is 120 Å². The van der Waals surface area contributed by atoms with Gasteiger partial charge in [-0.25, -0.2) is 44.3 Å². The first-order chi connectivity index (χ1) is 48.4. The fraction of sp³-hybridized carbons (Fsp3) is 0.403. The number of pyridine rings is 1. The molecule has 32 nitrogen and oxygen atoms in total. The first-order valence-electron chi connectivity index (χ1n) is 30.7. The number of likely N-dealkylation sites (N-methyl/N-ethyl adjacent to an activating group) is 1. The Morgan fingerprint density at radius 3 is 2.20 bits per heavy atom. The van der Waals surface area contributed by atoms with Crippen molar-refractivity contribution in [2.24, 2.45) is 0 Å². The van der Waals surface area contributed by atoms with Gasteiger partial charge in [0.05, 0.1) is 55.4 Å². The van der Waals surface area contributed by atoms with Crippen molar-refractivity contribution in [2.75, 3.05) is 41.0 Å². The van der Waals surface area contributed by atoms with Crippen molar-refractivity contribution in [3.8, 4) is 38.4 Å². The van der Waals surface area contributed by atoms with Gasteiger partial charge in [-0.2, -0.15) is 17.9 Å².